The highest BCUT2D eigenvalue weighted by molar-refractivity contribution is 6.00. The summed E-state index contributed by atoms with van der Waals surface area (Å²) in [6.45, 7) is 4.11. The zero-order valence-electron chi connectivity index (χ0n) is 16.5. The van der Waals surface area contributed by atoms with Crippen LogP contribution < -0.4 is 10.7 Å². The van der Waals surface area contributed by atoms with Gasteiger partial charge in [-0.1, -0.05) is 37.5 Å². The first-order valence-electron chi connectivity index (χ1n) is 10.1. The first-order chi connectivity index (χ1) is 13.5. The van der Waals surface area contributed by atoms with Crippen LogP contribution >= 0.6 is 0 Å². The van der Waals surface area contributed by atoms with Crippen LogP contribution in [0.15, 0.2) is 36.4 Å². The highest BCUT2D eigenvalue weighted by Gasteiger charge is 2.31. The Hall–Kier alpha value is -2.66. The molecule has 0 bridgehead atoms. The van der Waals surface area contributed by atoms with E-state index in [2.05, 4.69) is 22.9 Å². The van der Waals surface area contributed by atoms with Crippen molar-refractivity contribution in [3.8, 4) is 11.1 Å². The molecule has 146 valence electrons. The van der Waals surface area contributed by atoms with E-state index in [4.69, 9.17) is 0 Å². The summed E-state index contributed by atoms with van der Waals surface area (Å²) in [4.78, 5) is 24.3. The number of aryl methyl sites for hydroxylation is 1. The molecule has 2 aromatic carbocycles. The fraction of sp³-hybridized carbons (Fsp3) is 0.391. The number of benzene rings is 2. The zero-order chi connectivity index (χ0) is 19.7. The number of rotatable bonds is 4. The minimum absolute atomic E-state index is 0.0802. The van der Waals surface area contributed by atoms with Crippen LogP contribution in [0.1, 0.15) is 60.5 Å². The smallest absolute Gasteiger partial charge is 0.268 e. The Morgan fingerprint density at radius 1 is 1.07 bits per heavy atom. The Morgan fingerprint density at radius 3 is 2.61 bits per heavy atom. The van der Waals surface area contributed by atoms with Crippen molar-refractivity contribution in [2.75, 3.05) is 5.32 Å². The second kappa shape index (κ2) is 7.76. The van der Waals surface area contributed by atoms with Crippen molar-refractivity contribution < 1.29 is 9.59 Å². The van der Waals surface area contributed by atoms with Gasteiger partial charge in [0.1, 0.15) is 0 Å². The summed E-state index contributed by atoms with van der Waals surface area (Å²) in [5.41, 5.74) is 9.22. The predicted octanol–water partition coefficient (Wildman–Crippen LogP) is 4.41. The third-order valence-electron chi connectivity index (χ3n) is 5.66. The maximum Gasteiger partial charge on any atom is 0.268 e. The minimum Gasteiger partial charge on any atom is -0.326 e. The van der Waals surface area contributed by atoms with Crippen molar-refractivity contribution in [3.05, 3.63) is 53.1 Å². The quantitative estimate of drug-likeness (QED) is 0.829. The van der Waals surface area contributed by atoms with Gasteiger partial charge in [-0.25, -0.2) is 5.43 Å². The van der Waals surface area contributed by atoms with E-state index < -0.39 is 0 Å². The Morgan fingerprint density at radius 2 is 1.86 bits per heavy atom. The van der Waals surface area contributed by atoms with Gasteiger partial charge in [0.25, 0.3) is 5.91 Å². The Bertz CT molecular complexity index is 916. The molecule has 0 spiro atoms. The Balaban J connectivity index is 1.58. The second-order valence-corrected chi connectivity index (χ2v) is 7.94. The number of hydrogen-bond donors (Lipinski definition) is 2. The lowest BCUT2D eigenvalue weighted by Crippen LogP contribution is -2.45. The molecule has 2 N–H and O–H groups in total. The molecule has 1 fully saturated rings. The molecule has 5 nitrogen and oxygen atoms in total. The molecule has 1 aliphatic heterocycles. The lowest BCUT2D eigenvalue weighted by atomic mass is 9.96. The topological polar surface area (TPSA) is 61.4 Å². The molecule has 0 unspecified atom stereocenters. The Labute approximate surface area is 166 Å². The molecular formula is C23H27N3O2. The molecule has 1 aliphatic carbocycles. The molecule has 1 saturated carbocycles. The maximum absolute atomic E-state index is 12.9. The molecular weight excluding hydrogens is 350 g/mol. The summed E-state index contributed by atoms with van der Waals surface area (Å²) in [5.74, 6) is -0.00562. The normalized spacial score (nSPS) is 16.9. The van der Waals surface area contributed by atoms with Gasteiger partial charge in [0.15, 0.2) is 0 Å². The van der Waals surface area contributed by atoms with Crippen LogP contribution in [-0.4, -0.2) is 22.9 Å². The predicted molar refractivity (Wildman–Crippen MR) is 111 cm³/mol. The molecule has 0 aromatic heterocycles. The van der Waals surface area contributed by atoms with E-state index in [9.17, 15) is 9.59 Å². The van der Waals surface area contributed by atoms with Gasteiger partial charge in [-0.15, -0.1) is 0 Å². The molecule has 2 aliphatic rings. The molecule has 2 amide bonds. The van der Waals surface area contributed by atoms with E-state index in [-0.39, 0.29) is 11.8 Å². The van der Waals surface area contributed by atoms with Crippen molar-refractivity contribution in [3.63, 3.8) is 0 Å². The van der Waals surface area contributed by atoms with Gasteiger partial charge in [-0.2, -0.15) is 0 Å². The van der Waals surface area contributed by atoms with Gasteiger partial charge in [-0.05, 0) is 60.2 Å². The van der Waals surface area contributed by atoms with Crippen LogP contribution in [0.25, 0.3) is 11.1 Å². The van der Waals surface area contributed by atoms with Gasteiger partial charge >= 0.3 is 0 Å². The molecule has 0 radical (unpaired) electrons. The van der Waals surface area contributed by atoms with Crippen molar-refractivity contribution in [1.82, 2.24) is 10.4 Å². The molecule has 1 heterocycles. The SMILES string of the molecule is CC(=O)Nc1cccc(-c2cc(C)c3c(c2)CN(NC2CCCCC2)C3=O)c1. The van der Waals surface area contributed by atoms with Crippen LogP contribution in [0.3, 0.4) is 0 Å². The van der Waals surface area contributed by atoms with Gasteiger partial charge in [0.05, 0.1) is 6.54 Å². The van der Waals surface area contributed by atoms with Gasteiger partial charge in [0.2, 0.25) is 5.91 Å². The number of nitrogens with one attached hydrogen (secondary N) is 2. The monoisotopic (exact) mass is 377 g/mol. The first kappa shape index (κ1) is 18.7. The number of amides is 2. The second-order valence-electron chi connectivity index (χ2n) is 7.94. The van der Waals surface area contributed by atoms with E-state index in [1.54, 1.807) is 5.01 Å². The van der Waals surface area contributed by atoms with Gasteiger partial charge in [0, 0.05) is 24.2 Å². The Kier molecular flexibility index (Phi) is 5.18. The number of fused-ring (bicyclic) bond motifs is 1. The number of nitrogens with zero attached hydrogens (tertiary/aromatic N) is 1. The molecule has 2 aromatic rings. The average molecular weight is 377 g/mol. The molecule has 5 heteroatoms. The third kappa shape index (κ3) is 3.80. The summed E-state index contributed by atoms with van der Waals surface area (Å²) in [6.07, 6.45) is 6.05. The van der Waals surface area contributed by atoms with E-state index >= 15 is 0 Å². The maximum atomic E-state index is 12.9. The van der Waals surface area contributed by atoms with Crippen LogP contribution in [0, 0.1) is 6.92 Å². The van der Waals surface area contributed by atoms with Gasteiger partial charge < -0.3 is 5.32 Å². The average Bonchev–Trinajstić information content (AvgIpc) is 2.98. The van der Waals surface area contributed by atoms with E-state index in [0.717, 1.165) is 46.3 Å². The van der Waals surface area contributed by atoms with E-state index in [1.165, 1.54) is 26.2 Å². The van der Waals surface area contributed by atoms with Crippen molar-refractivity contribution in [2.24, 2.45) is 0 Å². The summed E-state index contributed by atoms with van der Waals surface area (Å²) in [5, 5.41) is 4.63. The summed E-state index contributed by atoms with van der Waals surface area (Å²) < 4.78 is 0. The largest absolute Gasteiger partial charge is 0.326 e. The van der Waals surface area contributed by atoms with Crippen molar-refractivity contribution >= 4 is 17.5 Å². The van der Waals surface area contributed by atoms with Crippen LogP contribution in [0.2, 0.25) is 0 Å². The number of hydrazine groups is 1. The lowest BCUT2D eigenvalue weighted by molar-refractivity contribution is -0.114. The minimum atomic E-state index is -0.0858. The fourth-order valence-electron chi connectivity index (χ4n) is 4.37. The van der Waals surface area contributed by atoms with Gasteiger partial charge in [-0.3, -0.25) is 14.6 Å². The van der Waals surface area contributed by atoms with Crippen molar-refractivity contribution in [2.45, 2.75) is 58.5 Å². The highest BCUT2D eigenvalue weighted by atomic mass is 16.2. The number of carbonyl (C=O) groups excluding carboxylic acids is 2. The molecule has 0 atom stereocenters. The summed E-state index contributed by atoms with van der Waals surface area (Å²) in [7, 11) is 0. The zero-order valence-corrected chi connectivity index (χ0v) is 16.5. The third-order valence-corrected chi connectivity index (χ3v) is 5.66. The standard InChI is InChI=1S/C23H27N3O2/c1-15-11-18(17-7-6-10-21(13-17)24-16(2)27)12-19-14-26(23(28)22(15)19)25-20-8-4-3-5-9-20/h6-7,10-13,20,25H,3-5,8-9,14H2,1-2H3,(H,24,27). The summed E-state index contributed by atoms with van der Waals surface area (Å²) >= 11 is 0. The first-order valence-corrected chi connectivity index (χ1v) is 10.1. The molecule has 4 rings (SSSR count). The lowest BCUT2D eigenvalue weighted by Gasteiger charge is -2.28. The molecule has 0 saturated heterocycles. The number of anilines is 1. The number of carbonyl (C=O) groups is 2. The molecule has 28 heavy (non-hydrogen) atoms. The number of hydrogen-bond acceptors (Lipinski definition) is 3. The van der Waals surface area contributed by atoms with Crippen LogP contribution in [0.4, 0.5) is 5.69 Å². The van der Waals surface area contributed by atoms with E-state index in [0.29, 0.717) is 12.6 Å². The van der Waals surface area contributed by atoms with E-state index in [1.807, 2.05) is 31.2 Å². The van der Waals surface area contributed by atoms with Crippen LogP contribution in [-0.2, 0) is 11.3 Å². The summed E-state index contributed by atoms with van der Waals surface area (Å²) in [6, 6.07) is 12.4. The van der Waals surface area contributed by atoms with Crippen LogP contribution in [0.5, 0.6) is 0 Å². The fourth-order valence-corrected chi connectivity index (χ4v) is 4.37. The highest BCUT2D eigenvalue weighted by Crippen LogP contribution is 2.32. The van der Waals surface area contributed by atoms with Crippen molar-refractivity contribution in [1.29, 1.82) is 0 Å².